The van der Waals surface area contributed by atoms with Gasteiger partial charge in [-0.1, -0.05) is 21.6 Å². The minimum absolute atomic E-state index is 0.662. The Morgan fingerprint density at radius 2 is 1.93 bits per heavy atom. The molecule has 0 radical (unpaired) electrons. The standard InChI is InChI=1S/C9H19N3S2/c1-8(10)4-3-6-13-14-7-5-12-9(2)11/h10H,3-7H2,1-2H3,(H2,11,12). The molecule has 0 fully saturated rings. The number of nitrogens with zero attached hydrogens (tertiary/aromatic N) is 1. The van der Waals surface area contributed by atoms with Crippen LogP contribution in [0.3, 0.4) is 0 Å². The van der Waals surface area contributed by atoms with Crippen LogP contribution in [0.1, 0.15) is 26.7 Å². The first kappa shape index (κ1) is 13.8. The molecule has 0 unspecified atom stereocenters. The molecule has 82 valence electrons. The second kappa shape index (κ2) is 9.40. The van der Waals surface area contributed by atoms with Crippen LogP contribution in [0.25, 0.3) is 0 Å². The maximum atomic E-state index is 7.24. The molecule has 0 bridgehead atoms. The number of rotatable bonds is 8. The predicted molar refractivity (Wildman–Crippen MR) is 69.7 cm³/mol. The van der Waals surface area contributed by atoms with Crippen molar-refractivity contribution in [3.05, 3.63) is 0 Å². The van der Waals surface area contributed by atoms with Gasteiger partial charge in [0.25, 0.3) is 0 Å². The first-order valence-electron chi connectivity index (χ1n) is 4.68. The van der Waals surface area contributed by atoms with Crippen LogP contribution < -0.4 is 5.73 Å². The lowest BCUT2D eigenvalue weighted by Crippen LogP contribution is -2.06. The van der Waals surface area contributed by atoms with Gasteiger partial charge in [-0.2, -0.15) is 0 Å². The Morgan fingerprint density at radius 3 is 2.50 bits per heavy atom. The second-order valence-electron chi connectivity index (χ2n) is 3.05. The van der Waals surface area contributed by atoms with Gasteiger partial charge in [-0.15, -0.1) is 0 Å². The van der Waals surface area contributed by atoms with Gasteiger partial charge in [0.15, 0.2) is 0 Å². The van der Waals surface area contributed by atoms with Crippen LogP contribution in [-0.2, 0) is 0 Å². The Morgan fingerprint density at radius 1 is 1.29 bits per heavy atom. The minimum atomic E-state index is 0.662. The van der Waals surface area contributed by atoms with Crippen molar-refractivity contribution in [3.63, 3.8) is 0 Å². The van der Waals surface area contributed by atoms with E-state index in [1.54, 1.807) is 0 Å². The summed E-state index contributed by atoms with van der Waals surface area (Å²) in [5.74, 6) is 2.80. The van der Waals surface area contributed by atoms with Gasteiger partial charge in [0, 0.05) is 17.2 Å². The summed E-state index contributed by atoms with van der Waals surface area (Å²) in [6.45, 7) is 4.48. The zero-order valence-corrected chi connectivity index (χ0v) is 10.5. The Labute approximate surface area is 94.2 Å². The molecule has 0 atom stereocenters. The van der Waals surface area contributed by atoms with E-state index in [2.05, 4.69) is 4.99 Å². The minimum Gasteiger partial charge on any atom is -0.388 e. The summed E-state index contributed by atoms with van der Waals surface area (Å²) in [5, 5.41) is 7.24. The fourth-order valence-corrected chi connectivity index (χ4v) is 2.72. The highest BCUT2D eigenvalue weighted by atomic mass is 33.1. The van der Waals surface area contributed by atoms with Crippen LogP contribution in [0.4, 0.5) is 0 Å². The molecule has 0 saturated carbocycles. The van der Waals surface area contributed by atoms with Crippen molar-refractivity contribution in [2.75, 3.05) is 18.1 Å². The van der Waals surface area contributed by atoms with Crippen LogP contribution in [-0.4, -0.2) is 29.6 Å². The molecule has 14 heavy (non-hydrogen) atoms. The highest BCUT2D eigenvalue weighted by Gasteiger charge is 1.92. The van der Waals surface area contributed by atoms with Gasteiger partial charge in [0.1, 0.15) is 0 Å². The third-order valence-corrected chi connectivity index (χ3v) is 3.87. The zero-order chi connectivity index (χ0) is 10.8. The average Bonchev–Trinajstić information content (AvgIpc) is 2.08. The highest BCUT2D eigenvalue weighted by molar-refractivity contribution is 8.76. The molecule has 0 saturated heterocycles. The van der Waals surface area contributed by atoms with Gasteiger partial charge < -0.3 is 11.1 Å². The molecule has 0 amide bonds. The van der Waals surface area contributed by atoms with E-state index in [4.69, 9.17) is 11.1 Å². The molecule has 0 aliphatic heterocycles. The quantitative estimate of drug-likeness (QED) is 0.293. The van der Waals surface area contributed by atoms with Gasteiger partial charge in [-0.3, -0.25) is 4.99 Å². The molecule has 0 rings (SSSR count). The summed E-state index contributed by atoms with van der Waals surface area (Å²) in [4.78, 5) is 4.10. The molecule has 3 nitrogen and oxygen atoms in total. The van der Waals surface area contributed by atoms with E-state index in [-0.39, 0.29) is 0 Å². The molecule has 0 aromatic rings. The molecular weight excluding hydrogens is 214 g/mol. The van der Waals surface area contributed by atoms with E-state index >= 15 is 0 Å². The lowest BCUT2D eigenvalue weighted by molar-refractivity contribution is 0.997. The predicted octanol–water partition coefficient (Wildman–Crippen LogP) is 2.56. The van der Waals surface area contributed by atoms with E-state index in [1.165, 1.54) is 0 Å². The number of aliphatic imine (C=N–C) groups is 1. The summed E-state index contributed by atoms with van der Waals surface area (Å²) >= 11 is 0. The SMILES string of the molecule is CC(=N)CCCSSCCN=C(C)N. The van der Waals surface area contributed by atoms with Crippen molar-refractivity contribution < 1.29 is 0 Å². The van der Waals surface area contributed by atoms with E-state index in [0.717, 1.165) is 36.6 Å². The second-order valence-corrected chi connectivity index (χ2v) is 5.75. The molecule has 0 aromatic heterocycles. The van der Waals surface area contributed by atoms with Crippen LogP contribution in [0.5, 0.6) is 0 Å². The van der Waals surface area contributed by atoms with Crippen LogP contribution in [0.15, 0.2) is 4.99 Å². The van der Waals surface area contributed by atoms with Crippen molar-refractivity contribution in [1.82, 2.24) is 0 Å². The molecule has 0 aromatic carbocycles. The molecule has 5 heteroatoms. The first-order chi connectivity index (χ1) is 6.63. The van der Waals surface area contributed by atoms with Gasteiger partial charge in [0.2, 0.25) is 0 Å². The summed E-state index contributed by atoms with van der Waals surface area (Å²) in [6, 6.07) is 0. The maximum absolute atomic E-state index is 7.24. The van der Waals surface area contributed by atoms with E-state index in [9.17, 15) is 0 Å². The Balaban J connectivity index is 3.07. The summed E-state index contributed by atoms with van der Waals surface area (Å²) in [5.41, 5.74) is 6.18. The molecule has 0 heterocycles. The van der Waals surface area contributed by atoms with E-state index in [0.29, 0.717) is 5.84 Å². The first-order valence-corrected chi connectivity index (χ1v) is 7.16. The Kier molecular flexibility index (Phi) is 9.29. The lowest BCUT2D eigenvalue weighted by Gasteiger charge is -1.99. The van der Waals surface area contributed by atoms with E-state index < -0.39 is 0 Å². The summed E-state index contributed by atoms with van der Waals surface area (Å²) in [7, 11) is 3.69. The van der Waals surface area contributed by atoms with Crippen molar-refractivity contribution in [1.29, 1.82) is 5.41 Å². The zero-order valence-electron chi connectivity index (χ0n) is 8.88. The molecular formula is C9H19N3S2. The Bertz CT molecular complexity index is 188. The number of amidine groups is 1. The van der Waals surface area contributed by atoms with Crippen molar-refractivity contribution in [3.8, 4) is 0 Å². The van der Waals surface area contributed by atoms with Crippen LogP contribution in [0, 0.1) is 5.41 Å². The fraction of sp³-hybridized carbons (Fsp3) is 0.778. The van der Waals surface area contributed by atoms with Crippen molar-refractivity contribution in [2.24, 2.45) is 10.7 Å². The number of nitrogens with one attached hydrogen (secondary N) is 1. The highest BCUT2D eigenvalue weighted by Crippen LogP contribution is 2.21. The number of hydrogen-bond acceptors (Lipinski definition) is 4. The smallest absolute Gasteiger partial charge is 0.0905 e. The van der Waals surface area contributed by atoms with Gasteiger partial charge >= 0.3 is 0 Å². The van der Waals surface area contributed by atoms with Crippen molar-refractivity contribution >= 4 is 33.1 Å². The molecule has 0 spiro atoms. The normalized spacial score (nSPS) is 11.7. The molecule has 3 N–H and O–H groups in total. The van der Waals surface area contributed by atoms with Crippen LogP contribution in [0.2, 0.25) is 0 Å². The third-order valence-electron chi connectivity index (χ3n) is 1.40. The monoisotopic (exact) mass is 233 g/mol. The molecule has 0 aliphatic carbocycles. The fourth-order valence-electron chi connectivity index (χ4n) is 0.773. The largest absolute Gasteiger partial charge is 0.388 e. The topological polar surface area (TPSA) is 62.2 Å². The average molecular weight is 233 g/mol. The number of hydrogen-bond donors (Lipinski definition) is 2. The van der Waals surface area contributed by atoms with Gasteiger partial charge in [-0.25, -0.2) is 0 Å². The third kappa shape index (κ3) is 11.8. The lowest BCUT2D eigenvalue weighted by atomic mass is 10.2. The molecule has 0 aliphatic rings. The number of nitrogens with two attached hydrogens (primary N) is 1. The summed E-state index contributed by atoms with van der Waals surface area (Å²) < 4.78 is 0. The van der Waals surface area contributed by atoms with E-state index in [1.807, 2.05) is 35.4 Å². The summed E-state index contributed by atoms with van der Waals surface area (Å²) in [6.07, 6.45) is 2.03. The van der Waals surface area contributed by atoms with Gasteiger partial charge in [-0.05, 0) is 26.7 Å². The maximum Gasteiger partial charge on any atom is 0.0905 e. The van der Waals surface area contributed by atoms with Crippen LogP contribution >= 0.6 is 21.6 Å². The van der Waals surface area contributed by atoms with Gasteiger partial charge in [0.05, 0.1) is 12.4 Å². The van der Waals surface area contributed by atoms with Crippen molar-refractivity contribution in [2.45, 2.75) is 26.7 Å². The Hall–Kier alpha value is -0.160.